The van der Waals surface area contributed by atoms with Crippen LogP contribution in [-0.2, 0) is 6.54 Å². The van der Waals surface area contributed by atoms with Crippen molar-refractivity contribution in [1.29, 1.82) is 0 Å². The van der Waals surface area contributed by atoms with Crippen LogP contribution in [0.2, 0.25) is 0 Å². The largest absolute Gasteiger partial charge is 0.301 e. The molecule has 0 amide bonds. The average molecular weight is 258 g/mol. The van der Waals surface area contributed by atoms with E-state index in [4.69, 9.17) is 0 Å². The van der Waals surface area contributed by atoms with Gasteiger partial charge in [-0.25, -0.2) is 0 Å². The zero-order valence-electron chi connectivity index (χ0n) is 12.7. The number of hydrogen-bond acceptors (Lipinski definition) is 2. The smallest absolute Gasteiger partial charge is 0.0363 e. The van der Waals surface area contributed by atoms with Gasteiger partial charge in [0.05, 0.1) is 0 Å². The van der Waals surface area contributed by atoms with Gasteiger partial charge in [0.1, 0.15) is 0 Å². The van der Waals surface area contributed by atoms with Crippen molar-refractivity contribution in [1.82, 2.24) is 9.80 Å². The van der Waals surface area contributed by atoms with Gasteiger partial charge in [0, 0.05) is 18.6 Å². The Morgan fingerprint density at radius 2 is 1.74 bits per heavy atom. The first-order valence-electron chi connectivity index (χ1n) is 7.10. The van der Waals surface area contributed by atoms with Crippen molar-refractivity contribution >= 4 is 0 Å². The Morgan fingerprint density at radius 3 is 2.32 bits per heavy atom. The normalized spacial score (nSPS) is 23.2. The number of benzene rings is 1. The average Bonchev–Trinajstić information content (AvgIpc) is 2.73. The van der Waals surface area contributed by atoms with Crippen LogP contribution in [0.1, 0.15) is 25.3 Å². The van der Waals surface area contributed by atoms with Gasteiger partial charge in [0.15, 0.2) is 0 Å². The Balaban J connectivity index is 1.92. The third-order valence-corrected chi connectivity index (χ3v) is 4.26. The number of likely N-dealkylation sites (N-methyl/N-ethyl adjacent to an activating group) is 2. The van der Waals surface area contributed by atoms with Crippen LogP contribution in [0, 0.1) is 0 Å². The van der Waals surface area contributed by atoms with E-state index < -0.39 is 0 Å². The Kier molecular flexibility index (Phi) is 4.43. The highest BCUT2D eigenvalue weighted by molar-refractivity contribution is 5.22. The van der Waals surface area contributed by atoms with Crippen LogP contribution >= 0.6 is 0 Å². The predicted molar refractivity (Wildman–Crippen MR) is 82.2 cm³/mol. The molecule has 1 atom stereocenters. The third kappa shape index (κ3) is 3.68. The molecule has 0 bridgehead atoms. The second kappa shape index (κ2) is 5.89. The zero-order valence-corrected chi connectivity index (χ0v) is 12.7. The summed E-state index contributed by atoms with van der Waals surface area (Å²) in [5, 5.41) is 0. The first kappa shape index (κ1) is 14.3. The lowest BCUT2D eigenvalue weighted by atomic mass is 10.0. The van der Waals surface area contributed by atoms with Crippen LogP contribution in [0.25, 0.3) is 0 Å². The Bertz CT molecular complexity index is 436. The van der Waals surface area contributed by atoms with Gasteiger partial charge in [-0.05, 0) is 46.5 Å². The fraction of sp³-hybridized carbons (Fsp3) is 0.529. The maximum atomic E-state index is 2.47. The van der Waals surface area contributed by atoms with Gasteiger partial charge in [-0.3, -0.25) is 4.90 Å². The van der Waals surface area contributed by atoms with Crippen molar-refractivity contribution in [3.63, 3.8) is 0 Å². The molecule has 0 aliphatic heterocycles. The maximum absolute atomic E-state index is 2.47. The summed E-state index contributed by atoms with van der Waals surface area (Å²) < 4.78 is 0. The lowest BCUT2D eigenvalue weighted by Crippen LogP contribution is -2.37. The summed E-state index contributed by atoms with van der Waals surface area (Å²) in [6.07, 6.45) is 4.94. The maximum Gasteiger partial charge on any atom is 0.0363 e. The second-order valence-corrected chi connectivity index (χ2v) is 6.21. The Hall–Kier alpha value is -1.12. The Labute approximate surface area is 117 Å². The summed E-state index contributed by atoms with van der Waals surface area (Å²) in [6, 6.07) is 10.7. The van der Waals surface area contributed by atoms with Gasteiger partial charge in [0.25, 0.3) is 0 Å². The summed E-state index contributed by atoms with van der Waals surface area (Å²) in [4.78, 5) is 4.74. The molecule has 1 aliphatic rings. The monoisotopic (exact) mass is 258 g/mol. The van der Waals surface area contributed by atoms with Crippen LogP contribution in [0.3, 0.4) is 0 Å². The van der Waals surface area contributed by atoms with E-state index in [2.05, 4.69) is 74.3 Å². The lowest BCUT2D eigenvalue weighted by molar-refractivity contribution is 0.227. The quantitative estimate of drug-likeness (QED) is 0.749. The third-order valence-electron chi connectivity index (χ3n) is 4.26. The topological polar surface area (TPSA) is 6.48 Å². The van der Waals surface area contributed by atoms with Crippen LogP contribution < -0.4 is 0 Å². The van der Waals surface area contributed by atoms with Gasteiger partial charge >= 0.3 is 0 Å². The lowest BCUT2D eigenvalue weighted by Gasteiger charge is -2.30. The molecule has 0 heterocycles. The van der Waals surface area contributed by atoms with Gasteiger partial charge in [-0.2, -0.15) is 0 Å². The van der Waals surface area contributed by atoms with E-state index >= 15 is 0 Å². The zero-order chi connectivity index (χ0) is 13.9. The van der Waals surface area contributed by atoms with E-state index in [1.165, 1.54) is 18.4 Å². The minimum Gasteiger partial charge on any atom is -0.301 e. The van der Waals surface area contributed by atoms with Crippen LogP contribution in [-0.4, -0.2) is 43.0 Å². The molecule has 1 aromatic rings. The molecule has 0 aromatic heterocycles. The first-order valence-corrected chi connectivity index (χ1v) is 7.10. The van der Waals surface area contributed by atoms with E-state index in [1.54, 1.807) is 5.57 Å². The van der Waals surface area contributed by atoms with Crippen molar-refractivity contribution in [2.24, 2.45) is 0 Å². The summed E-state index contributed by atoms with van der Waals surface area (Å²) in [7, 11) is 6.55. The van der Waals surface area contributed by atoms with E-state index in [0.717, 1.165) is 13.1 Å². The highest BCUT2D eigenvalue weighted by Gasteiger charge is 2.30. The second-order valence-electron chi connectivity index (χ2n) is 6.21. The van der Waals surface area contributed by atoms with Crippen molar-refractivity contribution in [2.75, 3.05) is 27.7 Å². The van der Waals surface area contributed by atoms with E-state index in [9.17, 15) is 0 Å². The van der Waals surface area contributed by atoms with Crippen LogP contribution in [0.4, 0.5) is 0 Å². The molecule has 1 unspecified atom stereocenters. The molecule has 0 fully saturated rings. The van der Waals surface area contributed by atoms with Crippen molar-refractivity contribution in [2.45, 2.75) is 31.8 Å². The first-order chi connectivity index (χ1) is 8.99. The van der Waals surface area contributed by atoms with Gasteiger partial charge < -0.3 is 4.90 Å². The molecule has 2 rings (SSSR count). The summed E-state index contributed by atoms with van der Waals surface area (Å²) >= 11 is 0. The molecule has 0 saturated carbocycles. The summed E-state index contributed by atoms with van der Waals surface area (Å²) in [6.45, 7) is 4.44. The minimum atomic E-state index is 0.253. The predicted octanol–water partition coefficient (Wildman–Crippen LogP) is 3.16. The highest BCUT2D eigenvalue weighted by Crippen LogP contribution is 2.31. The molecule has 2 nitrogen and oxygen atoms in total. The van der Waals surface area contributed by atoms with Crippen LogP contribution in [0.5, 0.6) is 0 Å². The molecule has 0 N–H and O–H groups in total. The van der Waals surface area contributed by atoms with Gasteiger partial charge in [-0.1, -0.05) is 42.0 Å². The molecule has 0 saturated heterocycles. The highest BCUT2D eigenvalue weighted by atomic mass is 15.1. The number of rotatable bonds is 5. The van der Waals surface area contributed by atoms with Crippen LogP contribution in [0.15, 0.2) is 42.0 Å². The molecular weight excluding hydrogens is 232 g/mol. The number of nitrogens with zero attached hydrogens (tertiary/aromatic N) is 2. The van der Waals surface area contributed by atoms with Crippen molar-refractivity contribution in [3.8, 4) is 0 Å². The van der Waals surface area contributed by atoms with E-state index in [1.807, 2.05) is 0 Å². The number of hydrogen-bond donors (Lipinski definition) is 0. The fourth-order valence-corrected chi connectivity index (χ4v) is 2.77. The van der Waals surface area contributed by atoms with Crippen molar-refractivity contribution in [3.05, 3.63) is 47.5 Å². The molecular formula is C17H26N2. The molecule has 1 aromatic carbocycles. The molecule has 2 heteroatoms. The molecule has 104 valence electrons. The molecule has 19 heavy (non-hydrogen) atoms. The van der Waals surface area contributed by atoms with Gasteiger partial charge in [0.2, 0.25) is 0 Å². The fourth-order valence-electron chi connectivity index (χ4n) is 2.77. The van der Waals surface area contributed by atoms with E-state index in [-0.39, 0.29) is 5.54 Å². The van der Waals surface area contributed by atoms with Gasteiger partial charge in [-0.15, -0.1) is 0 Å². The Morgan fingerprint density at radius 1 is 1.05 bits per heavy atom. The molecule has 1 aliphatic carbocycles. The van der Waals surface area contributed by atoms with E-state index in [0.29, 0.717) is 0 Å². The minimum absolute atomic E-state index is 0.253. The summed E-state index contributed by atoms with van der Waals surface area (Å²) in [5.41, 5.74) is 3.22. The summed E-state index contributed by atoms with van der Waals surface area (Å²) in [5.74, 6) is 0. The standard InChI is InChI=1S/C17H26N2/c1-17(18(2)3)11-10-16(12-17)14-19(4)13-15-8-6-5-7-9-15/h5-9,12H,10-11,13-14H2,1-4H3. The molecule has 0 radical (unpaired) electrons. The molecule has 0 spiro atoms. The van der Waals surface area contributed by atoms with Crippen molar-refractivity contribution < 1.29 is 0 Å². The SMILES string of the molecule is CN(CC1=CC(C)(N(C)C)CC1)Cc1ccccc1.